The number of nitrogens with one attached hydrogen (secondary N) is 1. The van der Waals surface area contributed by atoms with Crippen LogP contribution < -0.4 is 11.1 Å². The van der Waals surface area contributed by atoms with Crippen LogP contribution in [0.25, 0.3) is 0 Å². The average molecular weight is 251 g/mol. The summed E-state index contributed by atoms with van der Waals surface area (Å²) in [6.07, 6.45) is 8.00. The minimum atomic E-state index is -0.0713. The van der Waals surface area contributed by atoms with Gasteiger partial charge in [0.05, 0.1) is 6.20 Å². The van der Waals surface area contributed by atoms with Crippen molar-refractivity contribution >= 4 is 22.4 Å². The van der Waals surface area contributed by atoms with E-state index in [1.54, 1.807) is 0 Å². The van der Waals surface area contributed by atoms with Gasteiger partial charge in [-0.3, -0.25) is 4.79 Å². The molecular formula is C12H17N3OS. The molecule has 17 heavy (non-hydrogen) atoms. The molecule has 4 nitrogen and oxygen atoms in total. The number of rotatable bonds is 3. The summed E-state index contributed by atoms with van der Waals surface area (Å²) in [5, 5.41) is 3.48. The predicted molar refractivity (Wildman–Crippen MR) is 69.9 cm³/mol. The van der Waals surface area contributed by atoms with Gasteiger partial charge < -0.3 is 11.1 Å². The van der Waals surface area contributed by atoms with Crippen LogP contribution >= 0.6 is 11.3 Å². The maximum atomic E-state index is 12.0. The summed E-state index contributed by atoms with van der Waals surface area (Å²) in [6, 6.07) is 0.206. The second-order valence-electron chi connectivity index (χ2n) is 4.33. The molecule has 2 rings (SSSR count). The molecule has 1 aliphatic rings. The van der Waals surface area contributed by atoms with Gasteiger partial charge in [0.1, 0.15) is 4.88 Å². The number of nitrogens with two attached hydrogens (primary N) is 1. The quantitative estimate of drug-likeness (QED) is 0.809. The molecule has 1 amide bonds. The normalized spacial score (nSPS) is 24.2. The van der Waals surface area contributed by atoms with Crippen molar-refractivity contribution in [2.24, 2.45) is 5.92 Å². The summed E-state index contributed by atoms with van der Waals surface area (Å²) < 4.78 is 0. The smallest absolute Gasteiger partial charge is 0.263 e. The Hall–Kier alpha value is -1.36. The zero-order valence-corrected chi connectivity index (χ0v) is 10.5. The molecule has 1 fully saturated rings. The monoisotopic (exact) mass is 251 g/mol. The molecule has 1 saturated carbocycles. The lowest BCUT2D eigenvalue weighted by Crippen LogP contribution is -2.41. The summed E-state index contributed by atoms with van der Waals surface area (Å²) in [7, 11) is 0. The highest BCUT2D eigenvalue weighted by Gasteiger charge is 2.24. The van der Waals surface area contributed by atoms with Crippen LogP contribution in [0, 0.1) is 5.92 Å². The van der Waals surface area contributed by atoms with Crippen LogP contribution in [-0.4, -0.2) is 16.9 Å². The Morgan fingerprint density at radius 1 is 1.59 bits per heavy atom. The Kier molecular flexibility index (Phi) is 3.78. The minimum absolute atomic E-state index is 0.0713. The Labute approximate surface area is 105 Å². The van der Waals surface area contributed by atoms with Crippen molar-refractivity contribution in [1.82, 2.24) is 10.3 Å². The Balaban J connectivity index is 1.99. The maximum absolute atomic E-state index is 12.0. The first-order valence-corrected chi connectivity index (χ1v) is 6.67. The minimum Gasteiger partial charge on any atom is -0.375 e. The van der Waals surface area contributed by atoms with Crippen molar-refractivity contribution in [2.45, 2.75) is 31.7 Å². The first kappa shape index (κ1) is 12.1. The van der Waals surface area contributed by atoms with Gasteiger partial charge in [-0.2, -0.15) is 0 Å². The average Bonchev–Trinajstić information content (AvgIpc) is 2.77. The molecule has 1 aromatic heterocycles. The zero-order chi connectivity index (χ0) is 12.3. The fourth-order valence-corrected chi connectivity index (χ4v) is 2.84. The SMILES string of the molecule is C=CC1CCCCC1NC(=O)c1cnc(N)s1. The molecule has 1 aliphatic carbocycles. The molecule has 5 heteroatoms. The van der Waals surface area contributed by atoms with Gasteiger partial charge >= 0.3 is 0 Å². The van der Waals surface area contributed by atoms with E-state index in [1.165, 1.54) is 30.4 Å². The van der Waals surface area contributed by atoms with Gasteiger partial charge in [0.15, 0.2) is 5.13 Å². The number of aromatic nitrogens is 1. The second-order valence-corrected chi connectivity index (χ2v) is 5.39. The summed E-state index contributed by atoms with van der Waals surface area (Å²) >= 11 is 1.22. The molecule has 3 N–H and O–H groups in total. The summed E-state index contributed by atoms with van der Waals surface area (Å²) in [4.78, 5) is 16.4. The number of anilines is 1. The lowest BCUT2D eigenvalue weighted by Gasteiger charge is -2.29. The molecule has 0 saturated heterocycles. The van der Waals surface area contributed by atoms with Crippen LogP contribution in [0.2, 0.25) is 0 Å². The number of nitrogens with zero attached hydrogens (tertiary/aromatic N) is 1. The van der Waals surface area contributed by atoms with E-state index < -0.39 is 0 Å². The topological polar surface area (TPSA) is 68.0 Å². The number of hydrogen-bond acceptors (Lipinski definition) is 4. The van der Waals surface area contributed by atoms with Crippen LogP contribution in [-0.2, 0) is 0 Å². The Morgan fingerprint density at radius 3 is 3.00 bits per heavy atom. The number of hydrogen-bond donors (Lipinski definition) is 2. The highest BCUT2D eigenvalue weighted by Crippen LogP contribution is 2.25. The molecule has 0 radical (unpaired) electrons. The van der Waals surface area contributed by atoms with E-state index in [9.17, 15) is 4.79 Å². The van der Waals surface area contributed by atoms with Crippen molar-refractivity contribution in [2.75, 3.05) is 5.73 Å². The highest BCUT2D eigenvalue weighted by atomic mass is 32.1. The fourth-order valence-electron chi connectivity index (χ4n) is 2.25. The van der Waals surface area contributed by atoms with Crippen LogP contribution in [0.1, 0.15) is 35.4 Å². The molecule has 2 atom stereocenters. The highest BCUT2D eigenvalue weighted by molar-refractivity contribution is 7.17. The van der Waals surface area contributed by atoms with E-state index in [0.29, 0.717) is 15.9 Å². The number of carbonyl (C=O) groups excluding carboxylic acids is 1. The summed E-state index contributed by atoms with van der Waals surface area (Å²) in [5.74, 6) is 0.316. The van der Waals surface area contributed by atoms with E-state index in [4.69, 9.17) is 5.73 Å². The molecule has 0 spiro atoms. The fraction of sp³-hybridized carbons (Fsp3) is 0.500. The van der Waals surface area contributed by atoms with Gasteiger partial charge in [-0.05, 0) is 18.8 Å². The third kappa shape index (κ3) is 2.85. The lowest BCUT2D eigenvalue weighted by atomic mass is 9.84. The maximum Gasteiger partial charge on any atom is 0.263 e. The number of thiazole rings is 1. The summed E-state index contributed by atoms with van der Waals surface area (Å²) in [6.45, 7) is 3.84. The Bertz CT molecular complexity index is 416. The van der Waals surface area contributed by atoms with Crippen LogP contribution in [0.5, 0.6) is 0 Å². The van der Waals surface area contributed by atoms with Crippen molar-refractivity contribution in [3.05, 3.63) is 23.7 Å². The standard InChI is InChI=1S/C12H17N3OS/c1-2-8-5-3-4-6-9(8)15-11(16)10-7-14-12(13)17-10/h2,7-9H,1,3-6H2,(H2,13,14)(H,15,16). The summed E-state index contributed by atoms with van der Waals surface area (Å²) in [5.41, 5.74) is 5.51. The molecule has 0 aliphatic heterocycles. The first-order valence-electron chi connectivity index (χ1n) is 5.85. The van der Waals surface area contributed by atoms with Gasteiger partial charge in [-0.1, -0.05) is 30.3 Å². The van der Waals surface area contributed by atoms with Crippen LogP contribution in [0.15, 0.2) is 18.9 Å². The molecular weight excluding hydrogens is 234 g/mol. The van der Waals surface area contributed by atoms with Crippen molar-refractivity contribution in [1.29, 1.82) is 0 Å². The van der Waals surface area contributed by atoms with Crippen LogP contribution in [0.4, 0.5) is 5.13 Å². The van der Waals surface area contributed by atoms with E-state index in [-0.39, 0.29) is 11.9 Å². The first-order chi connectivity index (χ1) is 8.20. The second kappa shape index (κ2) is 5.31. The van der Waals surface area contributed by atoms with Gasteiger partial charge in [0.25, 0.3) is 5.91 Å². The van der Waals surface area contributed by atoms with E-state index in [0.717, 1.165) is 12.8 Å². The predicted octanol–water partition coefficient (Wildman–Crippen LogP) is 2.20. The molecule has 0 aromatic carbocycles. The van der Waals surface area contributed by atoms with Crippen molar-refractivity contribution < 1.29 is 4.79 Å². The van der Waals surface area contributed by atoms with Gasteiger partial charge in [0.2, 0.25) is 0 Å². The van der Waals surface area contributed by atoms with Gasteiger partial charge in [-0.25, -0.2) is 4.98 Å². The zero-order valence-electron chi connectivity index (χ0n) is 9.69. The molecule has 0 bridgehead atoms. The Morgan fingerprint density at radius 2 is 2.35 bits per heavy atom. The number of nitrogen functional groups attached to an aromatic ring is 1. The van der Waals surface area contributed by atoms with E-state index in [2.05, 4.69) is 16.9 Å². The number of carbonyl (C=O) groups is 1. The van der Waals surface area contributed by atoms with Crippen LogP contribution in [0.3, 0.4) is 0 Å². The van der Waals surface area contributed by atoms with Gasteiger partial charge in [0, 0.05) is 6.04 Å². The van der Waals surface area contributed by atoms with Crippen molar-refractivity contribution in [3.8, 4) is 0 Å². The molecule has 92 valence electrons. The molecule has 2 unspecified atom stereocenters. The van der Waals surface area contributed by atoms with E-state index >= 15 is 0 Å². The lowest BCUT2D eigenvalue weighted by molar-refractivity contribution is 0.0920. The molecule has 1 aromatic rings. The third-order valence-electron chi connectivity index (χ3n) is 3.19. The largest absolute Gasteiger partial charge is 0.375 e. The third-order valence-corrected chi connectivity index (χ3v) is 4.01. The van der Waals surface area contributed by atoms with E-state index in [1.807, 2.05) is 6.08 Å². The van der Waals surface area contributed by atoms with Gasteiger partial charge in [-0.15, -0.1) is 6.58 Å². The molecule has 1 heterocycles. The van der Waals surface area contributed by atoms with Crippen molar-refractivity contribution in [3.63, 3.8) is 0 Å². The number of amides is 1.